The second-order valence-corrected chi connectivity index (χ2v) is 6.48. The molecule has 1 aromatic rings. The van der Waals surface area contributed by atoms with Gasteiger partial charge >= 0.3 is 0 Å². The molecule has 0 bridgehead atoms. The molecule has 1 amide bonds. The molecule has 3 nitrogen and oxygen atoms in total. The smallest absolute Gasteiger partial charge is 0.248 e. The van der Waals surface area contributed by atoms with Crippen molar-refractivity contribution in [3.63, 3.8) is 0 Å². The van der Waals surface area contributed by atoms with Gasteiger partial charge in [-0.1, -0.05) is 12.1 Å². The van der Waals surface area contributed by atoms with Gasteiger partial charge in [-0.05, 0) is 25.5 Å². The zero-order valence-corrected chi connectivity index (χ0v) is 8.54. The highest BCUT2D eigenvalue weighted by molar-refractivity contribution is 7.70. The van der Waals surface area contributed by atoms with Gasteiger partial charge in [0.05, 0.1) is 0 Å². The predicted octanol–water partition coefficient (Wildman–Crippen LogP) is 1.03. The predicted molar refractivity (Wildman–Crippen MR) is 54.0 cm³/mol. The molecule has 0 aliphatic heterocycles. The number of primary amides is 1. The molecule has 4 heteroatoms. The first-order valence-electron chi connectivity index (χ1n) is 3.86. The van der Waals surface area contributed by atoms with Crippen molar-refractivity contribution < 1.29 is 9.36 Å². The highest BCUT2D eigenvalue weighted by Crippen LogP contribution is 2.34. The molecule has 0 unspecified atom stereocenters. The summed E-state index contributed by atoms with van der Waals surface area (Å²) in [4.78, 5) is 10.7. The summed E-state index contributed by atoms with van der Waals surface area (Å²) in [5.74, 6) is -0.464. The van der Waals surface area contributed by atoms with E-state index in [1.807, 2.05) is 0 Å². The first-order chi connectivity index (χ1) is 5.91. The van der Waals surface area contributed by atoms with Gasteiger partial charge in [-0.25, -0.2) is 0 Å². The summed E-state index contributed by atoms with van der Waals surface area (Å²) in [5.41, 5.74) is 5.51. The Morgan fingerprint density at radius 1 is 1.23 bits per heavy atom. The van der Waals surface area contributed by atoms with Gasteiger partial charge < -0.3 is 10.3 Å². The molecular weight excluding hydrogens is 185 g/mol. The first kappa shape index (κ1) is 10.0. The SMILES string of the molecule is CP(C)(=O)c1ccc(C(N)=O)cc1. The van der Waals surface area contributed by atoms with Crippen LogP contribution in [0.3, 0.4) is 0 Å². The zero-order valence-electron chi connectivity index (χ0n) is 7.65. The summed E-state index contributed by atoms with van der Waals surface area (Å²) in [6.07, 6.45) is 0. The van der Waals surface area contributed by atoms with Crippen molar-refractivity contribution in [2.75, 3.05) is 13.3 Å². The fourth-order valence-electron chi connectivity index (χ4n) is 0.985. The van der Waals surface area contributed by atoms with Crippen LogP contribution in [0.1, 0.15) is 10.4 Å². The highest BCUT2D eigenvalue weighted by atomic mass is 31.2. The number of nitrogens with two attached hydrogens (primary N) is 1. The highest BCUT2D eigenvalue weighted by Gasteiger charge is 2.10. The zero-order chi connectivity index (χ0) is 10.1. The van der Waals surface area contributed by atoms with E-state index in [1.165, 1.54) is 0 Å². The van der Waals surface area contributed by atoms with Gasteiger partial charge in [0, 0.05) is 10.9 Å². The minimum atomic E-state index is -2.22. The van der Waals surface area contributed by atoms with Gasteiger partial charge in [0.15, 0.2) is 0 Å². The van der Waals surface area contributed by atoms with Crippen molar-refractivity contribution in [2.45, 2.75) is 0 Å². The van der Waals surface area contributed by atoms with Crippen LogP contribution in [0, 0.1) is 0 Å². The van der Waals surface area contributed by atoms with Crippen LogP contribution in [0.5, 0.6) is 0 Å². The average molecular weight is 197 g/mol. The van der Waals surface area contributed by atoms with Crippen LogP contribution in [0.2, 0.25) is 0 Å². The van der Waals surface area contributed by atoms with E-state index < -0.39 is 13.0 Å². The summed E-state index contributed by atoms with van der Waals surface area (Å²) in [7, 11) is -2.22. The van der Waals surface area contributed by atoms with Gasteiger partial charge in [-0.3, -0.25) is 4.79 Å². The van der Waals surface area contributed by atoms with Crippen LogP contribution in [0.25, 0.3) is 0 Å². The lowest BCUT2D eigenvalue weighted by Crippen LogP contribution is -2.12. The van der Waals surface area contributed by atoms with Gasteiger partial charge in [0.25, 0.3) is 0 Å². The van der Waals surface area contributed by atoms with Crippen LogP contribution in [-0.4, -0.2) is 19.2 Å². The minimum Gasteiger partial charge on any atom is -0.366 e. The standard InChI is InChI=1S/C9H12NO2P/c1-13(2,12)8-5-3-7(4-6-8)9(10)11/h3-6H,1-2H3,(H2,10,11). The normalized spacial score (nSPS) is 11.2. The average Bonchev–Trinajstić information content (AvgIpc) is 2.03. The lowest BCUT2D eigenvalue weighted by molar-refractivity contribution is 0.100. The fourth-order valence-corrected chi connectivity index (χ4v) is 1.85. The van der Waals surface area contributed by atoms with Crippen molar-refractivity contribution >= 4 is 18.4 Å². The number of rotatable bonds is 2. The largest absolute Gasteiger partial charge is 0.366 e. The number of hydrogen-bond acceptors (Lipinski definition) is 2. The third kappa shape index (κ3) is 2.43. The lowest BCUT2D eigenvalue weighted by Gasteiger charge is -2.06. The van der Waals surface area contributed by atoms with E-state index in [2.05, 4.69) is 0 Å². The van der Waals surface area contributed by atoms with E-state index in [4.69, 9.17) is 5.73 Å². The molecule has 0 heterocycles. The van der Waals surface area contributed by atoms with Crippen molar-refractivity contribution in [3.05, 3.63) is 29.8 Å². The van der Waals surface area contributed by atoms with E-state index in [-0.39, 0.29) is 0 Å². The van der Waals surface area contributed by atoms with E-state index >= 15 is 0 Å². The van der Waals surface area contributed by atoms with Crippen LogP contribution in [0.15, 0.2) is 24.3 Å². The summed E-state index contributed by atoms with van der Waals surface area (Å²) >= 11 is 0. The molecule has 1 aromatic carbocycles. The maximum Gasteiger partial charge on any atom is 0.248 e. The first-order valence-corrected chi connectivity index (χ1v) is 6.47. The maximum absolute atomic E-state index is 11.6. The summed E-state index contributed by atoms with van der Waals surface area (Å²) in [6.45, 7) is 3.37. The Morgan fingerprint density at radius 3 is 2.00 bits per heavy atom. The molecule has 70 valence electrons. The minimum absolute atomic E-state index is 0.442. The van der Waals surface area contributed by atoms with E-state index in [0.29, 0.717) is 5.56 Å². The van der Waals surface area contributed by atoms with Crippen LogP contribution >= 0.6 is 7.14 Å². The summed E-state index contributed by atoms with van der Waals surface area (Å²) in [5, 5.41) is 0.762. The molecule has 0 atom stereocenters. The van der Waals surface area contributed by atoms with Crippen LogP contribution < -0.4 is 11.0 Å². The molecule has 0 radical (unpaired) electrons. The van der Waals surface area contributed by atoms with E-state index in [0.717, 1.165) is 5.30 Å². The van der Waals surface area contributed by atoms with Crippen molar-refractivity contribution in [1.29, 1.82) is 0 Å². The third-order valence-corrected chi connectivity index (χ3v) is 3.32. The number of carbonyl (C=O) groups excluding carboxylic acids is 1. The van der Waals surface area contributed by atoms with Gasteiger partial charge in [-0.15, -0.1) is 0 Å². The molecule has 0 fully saturated rings. The molecule has 0 aliphatic carbocycles. The molecule has 0 aromatic heterocycles. The Morgan fingerprint density at radius 2 is 1.69 bits per heavy atom. The van der Waals surface area contributed by atoms with Gasteiger partial charge in [0.2, 0.25) is 5.91 Å². The summed E-state index contributed by atoms with van der Waals surface area (Å²) < 4.78 is 11.6. The molecular formula is C9H12NO2P. The second kappa shape index (κ2) is 3.35. The van der Waals surface area contributed by atoms with Crippen LogP contribution in [0.4, 0.5) is 0 Å². The van der Waals surface area contributed by atoms with Crippen molar-refractivity contribution in [2.24, 2.45) is 5.73 Å². The molecule has 0 aliphatic rings. The Kier molecular flexibility index (Phi) is 2.58. The van der Waals surface area contributed by atoms with Crippen molar-refractivity contribution in [1.82, 2.24) is 0 Å². The topological polar surface area (TPSA) is 60.2 Å². The monoisotopic (exact) mass is 197 g/mol. The summed E-state index contributed by atoms with van der Waals surface area (Å²) in [6, 6.07) is 6.55. The molecule has 0 spiro atoms. The number of benzene rings is 1. The van der Waals surface area contributed by atoms with Crippen molar-refractivity contribution in [3.8, 4) is 0 Å². The van der Waals surface area contributed by atoms with Gasteiger partial charge in [-0.2, -0.15) is 0 Å². The molecule has 2 N–H and O–H groups in total. The Balaban J connectivity index is 3.08. The molecule has 1 rings (SSSR count). The Labute approximate surface area is 77.3 Å². The number of hydrogen-bond donors (Lipinski definition) is 1. The molecule has 0 saturated heterocycles. The lowest BCUT2D eigenvalue weighted by atomic mass is 10.2. The fraction of sp³-hybridized carbons (Fsp3) is 0.222. The number of carbonyl (C=O) groups is 1. The maximum atomic E-state index is 11.6. The molecule has 13 heavy (non-hydrogen) atoms. The Bertz CT molecular complexity index is 364. The second-order valence-electron chi connectivity index (χ2n) is 3.26. The van der Waals surface area contributed by atoms with Gasteiger partial charge in [0.1, 0.15) is 7.14 Å². The molecule has 0 saturated carbocycles. The number of amides is 1. The van der Waals surface area contributed by atoms with E-state index in [1.54, 1.807) is 37.6 Å². The Hall–Kier alpha value is -1.08. The van der Waals surface area contributed by atoms with E-state index in [9.17, 15) is 9.36 Å². The van der Waals surface area contributed by atoms with Crippen LogP contribution in [-0.2, 0) is 4.57 Å². The quantitative estimate of drug-likeness (QED) is 0.720. The third-order valence-electron chi connectivity index (χ3n) is 1.77.